The van der Waals surface area contributed by atoms with E-state index in [2.05, 4.69) is 15.6 Å². The molecule has 0 aliphatic rings. The first-order valence-electron chi connectivity index (χ1n) is 10.9. The zero-order chi connectivity index (χ0) is 24.8. The van der Waals surface area contributed by atoms with E-state index in [1.165, 1.54) is 0 Å². The lowest BCUT2D eigenvalue weighted by atomic mass is 10.1. The number of carbonyl (C=O) groups excluding carboxylic acids is 2. The number of pyridine rings is 1. The van der Waals surface area contributed by atoms with Crippen LogP contribution >= 0.6 is 11.6 Å². The van der Waals surface area contributed by atoms with E-state index in [9.17, 15) is 9.59 Å². The standard InChI is InChI=1S/C26H23ClN4O4/c1-2-29-25(32)19-13-18-22(14-24(19)34-15-16-6-4-3-5-7-16)30-11-10-23(18)35-17-8-9-21(20(27)12-17)31-26(28)33/h3-14H,2,15H2,1H3,(H,29,32)(H3,28,31,33). The molecule has 0 aliphatic carbocycles. The SMILES string of the molecule is CCNC(=O)c1cc2c(Oc3ccc(NC(N)=O)c(Cl)c3)ccnc2cc1OCc1ccccc1. The number of anilines is 1. The van der Waals surface area contributed by atoms with Crippen molar-refractivity contribution in [3.05, 3.63) is 89.1 Å². The summed E-state index contributed by atoms with van der Waals surface area (Å²) >= 11 is 6.23. The van der Waals surface area contributed by atoms with Gasteiger partial charge >= 0.3 is 6.03 Å². The molecule has 0 fully saturated rings. The molecule has 3 amide bonds. The van der Waals surface area contributed by atoms with Crippen LogP contribution in [-0.4, -0.2) is 23.5 Å². The Labute approximate surface area is 207 Å². The lowest BCUT2D eigenvalue weighted by Crippen LogP contribution is -2.23. The van der Waals surface area contributed by atoms with Crippen molar-refractivity contribution in [3.63, 3.8) is 0 Å². The van der Waals surface area contributed by atoms with Crippen molar-refractivity contribution in [3.8, 4) is 17.2 Å². The highest BCUT2D eigenvalue weighted by Gasteiger charge is 2.17. The van der Waals surface area contributed by atoms with Gasteiger partial charge in [0.05, 0.1) is 21.8 Å². The van der Waals surface area contributed by atoms with E-state index in [1.807, 2.05) is 37.3 Å². The van der Waals surface area contributed by atoms with Crippen LogP contribution in [0.1, 0.15) is 22.8 Å². The Kier molecular flexibility index (Phi) is 7.32. The van der Waals surface area contributed by atoms with Gasteiger partial charge in [0.15, 0.2) is 0 Å². The fourth-order valence-electron chi connectivity index (χ4n) is 3.45. The van der Waals surface area contributed by atoms with Gasteiger partial charge in [0, 0.05) is 30.3 Å². The van der Waals surface area contributed by atoms with Gasteiger partial charge in [-0.3, -0.25) is 9.78 Å². The molecule has 1 aromatic heterocycles. The number of rotatable bonds is 8. The van der Waals surface area contributed by atoms with Crippen LogP contribution < -0.4 is 25.8 Å². The summed E-state index contributed by atoms with van der Waals surface area (Å²) in [5.41, 5.74) is 7.46. The van der Waals surface area contributed by atoms with Crippen molar-refractivity contribution >= 4 is 40.1 Å². The van der Waals surface area contributed by atoms with Crippen LogP contribution in [0.5, 0.6) is 17.2 Å². The molecular formula is C26H23ClN4O4. The predicted molar refractivity (Wildman–Crippen MR) is 135 cm³/mol. The molecule has 0 atom stereocenters. The smallest absolute Gasteiger partial charge is 0.316 e. The van der Waals surface area contributed by atoms with Crippen LogP contribution in [0.25, 0.3) is 10.9 Å². The van der Waals surface area contributed by atoms with Gasteiger partial charge in [-0.25, -0.2) is 4.79 Å². The summed E-state index contributed by atoms with van der Waals surface area (Å²) in [6.07, 6.45) is 1.61. The van der Waals surface area contributed by atoms with Crippen molar-refractivity contribution in [2.75, 3.05) is 11.9 Å². The maximum atomic E-state index is 12.8. The van der Waals surface area contributed by atoms with Crippen LogP contribution in [-0.2, 0) is 6.61 Å². The van der Waals surface area contributed by atoms with Crippen LogP contribution in [0.2, 0.25) is 5.02 Å². The summed E-state index contributed by atoms with van der Waals surface area (Å²) < 4.78 is 12.1. The molecular weight excluding hydrogens is 468 g/mol. The summed E-state index contributed by atoms with van der Waals surface area (Å²) in [7, 11) is 0. The minimum absolute atomic E-state index is 0.263. The van der Waals surface area contributed by atoms with Crippen molar-refractivity contribution in [1.82, 2.24) is 10.3 Å². The molecule has 0 saturated heterocycles. The maximum absolute atomic E-state index is 12.8. The zero-order valence-electron chi connectivity index (χ0n) is 18.9. The van der Waals surface area contributed by atoms with Gasteiger partial charge in [-0.15, -0.1) is 0 Å². The van der Waals surface area contributed by atoms with Crippen LogP contribution in [0, 0.1) is 0 Å². The second kappa shape index (κ2) is 10.8. The highest BCUT2D eigenvalue weighted by molar-refractivity contribution is 6.33. The van der Waals surface area contributed by atoms with E-state index in [0.29, 0.717) is 52.6 Å². The second-order valence-electron chi connectivity index (χ2n) is 7.54. The zero-order valence-corrected chi connectivity index (χ0v) is 19.6. The summed E-state index contributed by atoms with van der Waals surface area (Å²) in [5, 5.41) is 6.14. The maximum Gasteiger partial charge on any atom is 0.316 e. The fourth-order valence-corrected chi connectivity index (χ4v) is 3.66. The predicted octanol–water partition coefficient (Wildman–Crippen LogP) is 5.50. The Bertz CT molecular complexity index is 1380. The number of aromatic nitrogens is 1. The van der Waals surface area contributed by atoms with Gasteiger partial charge in [-0.2, -0.15) is 0 Å². The van der Waals surface area contributed by atoms with Crippen molar-refractivity contribution in [2.24, 2.45) is 5.73 Å². The summed E-state index contributed by atoms with van der Waals surface area (Å²) in [6.45, 7) is 2.62. The number of urea groups is 1. The molecule has 3 aromatic carbocycles. The summed E-state index contributed by atoms with van der Waals surface area (Å²) in [5.74, 6) is 1.06. The van der Waals surface area contributed by atoms with Gasteiger partial charge in [0.2, 0.25) is 0 Å². The molecule has 0 saturated carbocycles. The monoisotopic (exact) mass is 490 g/mol. The summed E-state index contributed by atoms with van der Waals surface area (Å²) in [4.78, 5) is 28.4. The molecule has 35 heavy (non-hydrogen) atoms. The van der Waals surface area contributed by atoms with E-state index in [1.54, 1.807) is 42.6 Å². The molecule has 8 nitrogen and oxygen atoms in total. The summed E-state index contributed by atoms with van der Waals surface area (Å²) in [6, 6.07) is 18.9. The molecule has 0 aliphatic heterocycles. The van der Waals surface area contributed by atoms with Gasteiger partial charge < -0.3 is 25.8 Å². The number of amides is 3. The number of hydrogen-bond acceptors (Lipinski definition) is 5. The first kappa shape index (κ1) is 23.8. The number of hydrogen-bond donors (Lipinski definition) is 3. The molecule has 178 valence electrons. The fraction of sp³-hybridized carbons (Fsp3) is 0.115. The van der Waals surface area contributed by atoms with E-state index < -0.39 is 6.03 Å². The number of primary amides is 1. The van der Waals surface area contributed by atoms with Crippen molar-refractivity contribution in [1.29, 1.82) is 0 Å². The minimum atomic E-state index is -0.719. The number of nitrogens with one attached hydrogen (secondary N) is 2. The highest BCUT2D eigenvalue weighted by atomic mass is 35.5. The Morgan fingerprint density at radius 2 is 1.83 bits per heavy atom. The van der Waals surface area contributed by atoms with Crippen LogP contribution in [0.15, 0.2) is 72.9 Å². The number of benzene rings is 3. The van der Waals surface area contributed by atoms with Gasteiger partial charge in [0.1, 0.15) is 23.9 Å². The largest absolute Gasteiger partial charge is 0.488 e. The molecule has 9 heteroatoms. The molecule has 1 heterocycles. The number of halogens is 1. The van der Waals surface area contributed by atoms with Crippen LogP contribution in [0.3, 0.4) is 0 Å². The molecule has 4 N–H and O–H groups in total. The van der Waals surface area contributed by atoms with Crippen LogP contribution in [0.4, 0.5) is 10.5 Å². The topological polar surface area (TPSA) is 116 Å². The quantitative estimate of drug-likeness (QED) is 0.301. The number of fused-ring (bicyclic) bond motifs is 1. The first-order chi connectivity index (χ1) is 16.9. The van der Waals surface area contributed by atoms with Gasteiger partial charge in [0.25, 0.3) is 5.91 Å². The Balaban J connectivity index is 1.69. The normalized spacial score (nSPS) is 10.6. The average Bonchev–Trinajstić information content (AvgIpc) is 2.84. The van der Waals surface area contributed by atoms with Gasteiger partial charge in [-0.05, 0) is 36.8 Å². The Hall–Kier alpha value is -4.30. The molecule has 4 aromatic rings. The molecule has 0 unspecified atom stereocenters. The number of nitrogens with two attached hydrogens (primary N) is 1. The Morgan fingerprint density at radius 1 is 1.03 bits per heavy atom. The average molecular weight is 491 g/mol. The molecule has 0 radical (unpaired) electrons. The van der Waals surface area contributed by atoms with E-state index in [-0.39, 0.29) is 10.9 Å². The molecule has 4 rings (SSSR count). The van der Waals surface area contributed by atoms with Gasteiger partial charge in [-0.1, -0.05) is 41.9 Å². The Morgan fingerprint density at radius 3 is 2.54 bits per heavy atom. The third-order valence-electron chi connectivity index (χ3n) is 5.05. The lowest BCUT2D eigenvalue weighted by Gasteiger charge is -2.15. The lowest BCUT2D eigenvalue weighted by molar-refractivity contribution is 0.0951. The van der Waals surface area contributed by atoms with Crippen molar-refractivity contribution in [2.45, 2.75) is 13.5 Å². The number of nitrogens with zero attached hydrogens (tertiary/aromatic N) is 1. The van der Waals surface area contributed by atoms with E-state index in [0.717, 1.165) is 5.56 Å². The molecule has 0 bridgehead atoms. The van der Waals surface area contributed by atoms with E-state index >= 15 is 0 Å². The highest BCUT2D eigenvalue weighted by Crippen LogP contribution is 2.35. The number of carbonyl (C=O) groups is 2. The molecule has 0 spiro atoms. The van der Waals surface area contributed by atoms with Crippen molar-refractivity contribution < 1.29 is 19.1 Å². The third kappa shape index (κ3) is 5.80. The van der Waals surface area contributed by atoms with E-state index in [4.69, 9.17) is 26.8 Å². The number of ether oxygens (including phenoxy) is 2. The third-order valence-corrected chi connectivity index (χ3v) is 5.36. The first-order valence-corrected chi connectivity index (χ1v) is 11.2. The second-order valence-corrected chi connectivity index (χ2v) is 7.95. The minimum Gasteiger partial charge on any atom is -0.488 e.